The molecule has 0 atom stereocenters. The summed E-state index contributed by atoms with van der Waals surface area (Å²) in [7, 11) is -2.01. The molecule has 5 nitrogen and oxygen atoms in total. The summed E-state index contributed by atoms with van der Waals surface area (Å²) in [4.78, 5) is 5.21. The Balaban J connectivity index is 1.52. The Morgan fingerprint density at radius 3 is 2.23 bits per heavy atom. The molecule has 0 N–H and O–H groups in total. The summed E-state index contributed by atoms with van der Waals surface area (Å²) in [6.07, 6.45) is 4.84. The van der Waals surface area contributed by atoms with Crippen molar-refractivity contribution in [2.24, 2.45) is 0 Å². The van der Waals surface area contributed by atoms with Crippen LogP contribution in [0.3, 0.4) is 0 Å². The molecule has 6 heteroatoms. The first-order valence-electron chi connectivity index (χ1n) is 10.7. The van der Waals surface area contributed by atoms with Gasteiger partial charge in [-0.1, -0.05) is 43.2 Å². The summed E-state index contributed by atoms with van der Waals surface area (Å²) in [5.41, 5.74) is 3.78. The highest BCUT2D eigenvalue weighted by Gasteiger charge is 2.24. The van der Waals surface area contributed by atoms with E-state index in [1.807, 2.05) is 36.4 Å². The number of fused-ring (bicyclic) bond motifs is 1. The second kappa shape index (κ2) is 7.85. The SMILES string of the molecule is CN(c1ccc(-c2nc3ccccc3n2C2CCCC2)cc1)S(=O)(=O)c1ccccc1. The summed E-state index contributed by atoms with van der Waals surface area (Å²) in [5.74, 6) is 0.952. The monoisotopic (exact) mass is 431 g/mol. The van der Waals surface area contributed by atoms with Crippen LogP contribution in [-0.2, 0) is 10.0 Å². The topological polar surface area (TPSA) is 55.2 Å². The molecule has 3 aromatic carbocycles. The molecule has 0 amide bonds. The average molecular weight is 432 g/mol. The number of hydrogen-bond donors (Lipinski definition) is 0. The Hall–Kier alpha value is -3.12. The van der Waals surface area contributed by atoms with Crippen LogP contribution in [0, 0.1) is 0 Å². The largest absolute Gasteiger partial charge is 0.321 e. The zero-order valence-electron chi connectivity index (χ0n) is 17.5. The Morgan fingerprint density at radius 2 is 1.52 bits per heavy atom. The van der Waals surface area contributed by atoms with Gasteiger partial charge in [-0.15, -0.1) is 0 Å². The molecule has 0 spiro atoms. The minimum absolute atomic E-state index is 0.282. The van der Waals surface area contributed by atoms with E-state index in [4.69, 9.17) is 4.98 Å². The molecule has 1 aromatic heterocycles. The minimum Gasteiger partial charge on any atom is -0.321 e. The maximum absolute atomic E-state index is 12.9. The number of rotatable bonds is 5. The van der Waals surface area contributed by atoms with Gasteiger partial charge in [-0.2, -0.15) is 0 Å². The van der Waals surface area contributed by atoms with Gasteiger partial charge in [-0.3, -0.25) is 4.31 Å². The number of anilines is 1. The molecule has 0 radical (unpaired) electrons. The second-order valence-electron chi connectivity index (χ2n) is 8.06. The van der Waals surface area contributed by atoms with Crippen LogP contribution in [0.2, 0.25) is 0 Å². The lowest BCUT2D eigenvalue weighted by atomic mass is 10.1. The molecule has 0 saturated heterocycles. The fourth-order valence-corrected chi connectivity index (χ4v) is 5.71. The first-order chi connectivity index (χ1) is 15.1. The van der Waals surface area contributed by atoms with Gasteiger partial charge in [0.05, 0.1) is 21.6 Å². The summed E-state index contributed by atoms with van der Waals surface area (Å²) in [6, 6.07) is 24.9. The van der Waals surface area contributed by atoms with E-state index in [1.54, 1.807) is 31.3 Å². The van der Waals surface area contributed by atoms with Crippen molar-refractivity contribution >= 4 is 26.7 Å². The van der Waals surface area contributed by atoms with Crippen LogP contribution in [0.4, 0.5) is 5.69 Å². The Morgan fingerprint density at radius 1 is 0.871 bits per heavy atom. The van der Waals surface area contributed by atoms with Gasteiger partial charge in [0.25, 0.3) is 10.0 Å². The molecule has 31 heavy (non-hydrogen) atoms. The minimum atomic E-state index is -3.60. The number of benzene rings is 3. The molecule has 4 aromatic rings. The van der Waals surface area contributed by atoms with E-state index in [0.717, 1.165) is 22.4 Å². The first-order valence-corrected chi connectivity index (χ1v) is 12.1. The third-order valence-electron chi connectivity index (χ3n) is 6.18. The first kappa shape index (κ1) is 19.8. The molecule has 1 aliphatic carbocycles. The fraction of sp³-hybridized carbons (Fsp3) is 0.240. The van der Waals surface area contributed by atoms with Gasteiger partial charge in [0.15, 0.2) is 0 Å². The van der Waals surface area contributed by atoms with E-state index >= 15 is 0 Å². The van der Waals surface area contributed by atoms with Gasteiger partial charge in [-0.25, -0.2) is 13.4 Å². The van der Waals surface area contributed by atoms with Gasteiger partial charge >= 0.3 is 0 Å². The van der Waals surface area contributed by atoms with Gasteiger partial charge in [0.2, 0.25) is 0 Å². The van der Waals surface area contributed by atoms with Gasteiger partial charge in [-0.05, 0) is 61.4 Å². The smallest absolute Gasteiger partial charge is 0.264 e. The maximum atomic E-state index is 12.9. The van der Waals surface area contributed by atoms with Crippen molar-refractivity contribution in [3.05, 3.63) is 78.9 Å². The molecule has 1 saturated carbocycles. The number of imidazole rings is 1. The van der Waals surface area contributed by atoms with Crippen LogP contribution in [0.15, 0.2) is 83.8 Å². The summed E-state index contributed by atoms with van der Waals surface area (Å²) in [5, 5.41) is 0. The van der Waals surface area contributed by atoms with Crippen molar-refractivity contribution in [2.75, 3.05) is 11.4 Å². The van der Waals surface area contributed by atoms with E-state index in [-0.39, 0.29) is 4.90 Å². The molecule has 0 aliphatic heterocycles. The third-order valence-corrected chi connectivity index (χ3v) is 7.98. The van der Waals surface area contributed by atoms with Crippen molar-refractivity contribution in [2.45, 2.75) is 36.6 Å². The summed E-state index contributed by atoms with van der Waals surface area (Å²) < 4.78 is 29.6. The molecular formula is C25H25N3O2S. The normalized spacial score (nSPS) is 14.9. The fourth-order valence-electron chi connectivity index (χ4n) is 4.49. The number of para-hydroxylation sites is 2. The second-order valence-corrected chi connectivity index (χ2v) is 10.0. The molecule has 5 rings (SSSR count). The van der Waals surface area contributed by atoms with Crippen LogP contribution >= 0.6 is 0 Å². The summed E-state index contributed by atoms with van der Waals surface area (Å²) in [6.45, 7) is 0. The van der Waals surface area contributed by atoms with Crippen LogP contribution in [0.25, 0.3) is 22.4 Å². The van der Waals surface area contributed by atoms with E-state index in [2.05, 4.69) is 22.8 Å². The van der Waals surface area contributed by atoms with Gasteiger partial charge in [0.1, 0.15) is 5.82 Å². The number of sulfonamides is 1. The van der Waals surface area contributed by atoms with Crippen molar-refractivity contribution in [1.29, 1.82) is 0 Å². The Kier molecular flexibility index (Phi) is 5.02. The molecular weight excluding hydrogens is 406 g/mol. The van der Waals surface area contributed by atoms with Crippen LogP contribution < -0.4 is 4.31 Å². The predicted molar refractivity (Wildman–Crippen MR) is 125 cm³/mol. The highest BCUT2D eigenvalue weighted by molar-refractivity contribution is 7.92. The molecule has 1 aliphatic rings. The van der Waals surface area contributed by atoms with E-state index < -0.39 is 10.0 Å². The molecule has 0 bridgehead atoms. The van der Waals surface area contributed by atoms with Crippen molar-refractivity contribution in [3.8, 4) is 11.4 Å². The van der Waals surface area contributed by atoms with E-state index in [1.165, 1.54) is 30.0 Å². The van der Waals surface area contributed by atoms with Gasteiger partial charge < -0.3 is 4.57 Å². The van der Waals surface area contributed by atoms with E-state index in [0.29, 0.717) is 11.7 Å². The Bertz CT molecular complexity index is 1310. The number of hydrogen-bond acceptors (Lipinski definition) is 3. The average Bonchev–Trinajstić information content (AvgIpc) is 3.47. The van der Waals surface area contributed by atoms with E-state index in [9.17, 15) is 8.42 Å². The van der Waals surface area contributed by atoms with Gasteiger partial charge in [0, 0.05) is 18.7 Å². The molecule has 1 heterocycles. The van der Waals surface area contributed by atoms with Crippen LogP contribution in [0.5, 0.6) is 0 Å². The highest BCUT2D eigenvalue weighted by atomic mass is 32.2. The number of nitrogens with zero attached hydrogens (tertiary/aromatic N) is 3. The summed E-state index contributed by atoms with van der Waals surface area (Å²) >= 11 is 0. The number of aromatic nitrogens is 2. The molecule has 1 fully saturated rings. The predicted octanol–water partition coefficient (Wildman–Crippen LogP) is 5.64. The zero-order chi connectivity index (χ0) is 21.4. The standard InChI is InChI=1S/C25H25N3O2S/c1-27(31(29,30)22-11-3-2-4-12-22)20-17-15-19(16-18-20)25-26-23-13-7-8-14-24(23)28(25)21-9-5-6-10-21/h2-4,7-8,11-18,21H,5-6,9-10H2,1H3. The zero-order valence-corrected chi connectivity index (χ0v) is 18.3. The molecule has 0 unspecified atom stereocenters. The lowest BCUT2D eigenvalue weighted by Gasteiger charge is -2.20. The highest BCUT2D eigenvalue weighted by Crippen LogP contribution is 2.37. The van der Waals surface area contributed by atoms with Crippen molar-refractivity contribution in [1.82, 2.24) is 9.55 Å². The van der Waals surface area contributed by atoms with Crippen LogP contribution in [-0.4, -0.2) is 25.0 Å². The Labute approximate surface area is 183 Å². The third kappa shape index (κ3) is 3.51. The lowest BCUT2D eigenvalue weighted by Crippen LogP contribution is -2.26. The lowest BCUT2D eigenvalue weighted by molar-refractivity contribution is 0.537. The van der Waals surface area contributed by atoms with Crippen molar-refractivity contribution < 1.29 is 8.42 Å². The van der Waals surface area contributed by atoms with Crippen molar-refractivity contribution in [3.63, 3.8) is 0 Å². The quantitative estimate of drug-likeness (QED) is 0.411. The van der Waals surface area contributed by atoms with Crippen LogP contribution in [0.1, 0.15) is 31.7 Å². The maximum Gasteiger partial charge on any atom is 0.264 e. The molecule has 158 valence electrons.